The Morgan fingerprint density at radius 1 is 1.17 bits per heavy atom. The molecular weight excluding hydrogens is 261 g/mol. The van der Waals surface area contributed by atoms with Crippen LogP contribution in [0, 0.1) is 5.92 Å². The number of nitrogens with one attached hydrogen (secondary N) is 1. The van der Waals surface area contributed by atoms with Gasteiger partial charge in [-0.1, -0.05) is 32.0 Å². The molecule has 0 saturated carbocycles. The zero-order chi connectivity index (χ0) is 8.10. The van der Waals surface area contributed by atoms with Crippen molar-refractivity contribution < 1.29 is 0 Å². The molecule has 0 unspecified atom stereocenters. The highest BCUT2D eigenvalue weighted by molar-refractivity contribution is 14.0. The third-order valence-corrected chi connectivity index (χ3v) is 1.49. The third kappa shape index (κ3) is 4.59. The number of halogens is 1. The number of anilines is 1. The second-order valence-corrected chi connectivity index (χ2v) is 3.14. The standard InChI is InChI=1S/C10H15N.HI/c1-9(2)8-11-10-6-4-3-5-7-10;/h3-7,9,11H,8H2,1-2H3;1H. The molecule has 0 aliphatic heterocycles. The van der Waals surface area contributed by atoms with Crippen molar-refractivity contribution in [1.29, 1.82) is 0 Å². The highest BCUT2D eigenvalue weighted by Crippen LogP contribution is 2.05. The molecule has 0 fully saturated rings. The number of benzene rings is 1. The zero-order valence-electron chi connectivity index (χ0n) is 7.58. The predicted molar refractivity (Wildman–Crippen MR) is 65.2 cm³/mol. The molecule has 68 valence electrons. The van der Waals surface area contributed by atoms with E-state index in [4.69, 9.17) is 0 Å². The van der Waals surface area contributed by atoms with Gasteiger partial charge in [0.1, 0.15) is 0 Å². The van der Waals surface area contributed by atoms with Crippen LogP contribution < -0.4 is 5.32 Å². The summed E-state index contributed by atoms with van der Waals surface area (Å²) < 4.78 is 0. The lowest BCUT2D eigenvalue weighted by Crippen LogP contribution is -2.07. The largest absolute Gasteiger partial charge is 0.385 e. The lowest BCUT2D eigenvalue weighted by Gasteiger charge is -2.07. The normalized spacial score (nSPS) is 9.25. The first-order chi connectivity index (χ1) is 5.29. The van der Waals surface area contributed by atoms with Crippen molar-refractivity contribution >= 4 is 29.7 Å². The van der Waals surface area contributed by atoms with Crippen LogP contribution >= 0.6 is 24.0 Å². The van der Waals surface area contributed by atoms with Crippen LogP contribution in [0.3, 0.4) is 0 Å². The Labute approximate surface area is 91.6 Å². The lowest BCUT2D eigenvalue weighted by atomic mass is 10.2. The summed E-state index contributed by atoms with van der Waals surface area (Å²) in [6, 6.07) is 10.3. The summed E-state index contributed by atoms with van der Waals surface area (Å²) in [5, 5.41) is 3.34. The number of para-hydroxylation sites is 1. The SMILES string of the molecule is CC(C)CNc1ccccc1.I. The quantitative estimate of drug-likeness (QED) is 0.835. The van der Waals surface area contributed by atoms with Gasteiger partial charge in [-0.25, -0.2) is 0 Å². The maximum atomic E-state index is 3.34. The van der Waals surface area contributed by atoms with E-state index in [1.165, 1.54) is 5.69 Å². The minimum atomic E-state index is 0. The Morgan fingerprint density at radius 2 is 1.75 bits per heavy atom. The number of hydrogen-bond acceptors (Lipinski definition) is 1. The van der Waals surface area contributed by atoms with E-state index < -0.39 is 0 Å². The molecular formula is C10H16IN. The Bertz CT molecular complexity index is 196. The second-order valence-electron chi connectivity index (χ2n) is 3.14. The molecule has 1 aromatic rings. The number of hydrogen-bond donors (Lipinski definition) is 1. The van der Waals surface area contributed by atoms with Crippen LogP contribution in [-0.2, 0) is 0 Å². The van der Waals surface area contributed by atoms with Gasteiger partial charge in [0.2, 0.25) is 0 Å². The summed E-state index contributed by atoms with van der Waals surface area (Å²) in [7, 11) is 0. The smallest absolute Gasteiger partial charge is 0.0340 e. The summed E-state index contributed by atoms with van der Waals surface area (Å²) in [6.07, 6.45) is 0. The number of rotatable bonds is 3. The van der Waals surface area contributed by atoms with Crippen molar-refractivity contribution in [1.82, 2.24) is 0 Å². The summed E-state index contributed by atoms with van der Waals surface area (Å²) >= 11 is 0. The van der Waals surface area contributed by atoms with Gasteiger partial charge in [0.15, 0.2) is 0 Å². The lowest BCUT2D eigenvalue weighted by molar-refractivity contribution is 0.689. The average molecular weight is 277 g/mol. The molecule has 1 rings (SSSR count). The van der Waals surface area contributed by atoms with Crippen LogP contribution in [0.5, 0.6) is 0 Å². The predicted octanol–water partition coefficient (Wildman–Crippen LogP) is 3.37. The van der Waals surface area contributed by atoms with Crippen molar-refractivity contribution in [2.24, 2.45) is 5.92 Å². The van der Waals surface area contributed by atoms with E-state index in [9.17, 15) is 0 Å². The molecule has 2 heteroatoms. The topological polar surface area (TPSA) is 12.0 Å². The first-order valence-electron chi connectivity index (χ1n) is 4.08. The Kier molecular flexibility index (Phi) is 6.16. The first kappa shape index (κ1) is 11.8. The van der Waals surface area contributed by atoms with Crippen LogP contribution in [0.1, 0.15) is 13.8 Å². The third-order valence-electron chi connectivity index (χ3n) is 1.49. The second kappa shape index (κ2) is 6.29. The molecule has 12 heavy (non-hydrogen) atoms. The van der Waals surface area contributed by atoms with E-state index in [0.717, 1.165) is 6.54 Å². The van der Waals surface area contributed by atoms with Gasteiger partial charge in [0, 0.05) is 12.2 Å². The molecule has 0 aliphatic carbocycles. The molecule has 0 aromatic heterocycles. The molecule has 0 bridgehead atoms. The minimum absolute atomic E-state index is 0. The maximum Gasteiger partial charge on any atom is 0.0340 e. The van der Waals surface area contributed by atoms with Gasteiger partial charge >= 0.3 is 0 Å². The van der Waals surface area contributed by atoms with Crippen LogP contribution in [0.4, 0.5) is 5.69 Å². The Morgan fingerprint density at radius 3 is 2.25 bits per heavy atom. The van der Waals surface area contributed by atoms with Crippen LogP contribution in [0.15, 0.2) is 30.3 Å². The summed E-state index contributed by atoms with van der Waals surface area (Å²) in [4.78, 5) is 0. The zero-order valence-corrected chi connectivity index (χ0v) is 9.91. The molecule has 0 amide bonds. The van der Waals surface area contributed by atoms with Gasteiger partial charge < -0.3 is 5.32 Å². The van der Waals surface area contributed by atoms with Crippen LogP contribution in [0.25, 0.3) is 0 Å². The fourth-order valence-electron chi connectivity index (χ4n) is 0.878. The molecule has 0 radical (unpaired) electrons. The molecule has 1 nitrogen and oxygen atoms in total. The highest BCUT2D eigenvalue weighted by atomic mass is 127. The molecule has 0 aliphatic rings. The van der Waals surface area contributed by atoms with Crippen molar-refractivity contribution in [3.05, 3.63) is 30.3 Å². The van der Waals surface area contributed by atoms with Gasteiger partial charge in [-0.15, -0.1) is 24.0 Å². The molecule has 0 spiro atoms. The highest BCUT2D eigenvalue weighted by Gasteiger charge is 1.92. The van der Waals surface area contributed by atoms with Gasteiger partial charge in [-0.2, -0.15) is 0 Å². The molecule has 0 saturated heterocycles. The molecule has 0 heterocycles. The molecule has 1 aromatic carbocycles. The van der Waals surface area contributed by atoms with Gasteiger partial charge in [-0.3, -0.25) is 0 Å². The van der Waals surface area contributed by atoms with Gasteiger partial charge in [0.05, 0.1) is 0 Å². The van der Waals surface area contributed by atoms with Crippen molar-refractivity contribution in [3.63, 3.8) is 0 Å². The van der Waals surface area contributed by atoms with Gasteiger partial charge in [-0.05, 0) is 18.1 Å². The maximum absolute atomic E-state index is 3.34. The van der Waals surface area contributed by atoms with Crippen molar-refractivity contribution in [3.8, 4) is 0 Å². The van der Waals surface area contributed by atoms with Crippen molar-refractivity contribution in [2.45, 2.75) is 13.8 Å². The van der Waals surface area contributed by atoms with Crippen LogP contribution in [0.2, 0.25) is 0 Å². The first-order valence-corrected chi connectivity index (χ1v) is 4.08. The van der Waals surface area contributed by atoms with E-state index in [1.54, 1.807) is 0 Å². The van der Waals surface area contributed by atoms with Gasteiger partial charge in [0.25, 0.3) is 0 Å². The molecule has 1 N–H and O–H groups in total. The van der Waals surface area contributed by atoms with E-state index in [0.29, 0.717) is 5.92 Å². The summed E-state index contributed by atoms with van der Waals surface area (Å²) in [5.41, 5.74) is 1.21. The van der Waals surface area contributed by atoms with Crippen molar-refractivity contribution in [2.75, 3.05) is 11.9 Å². The van der Waals surface area contributed by atoms with E-state index >= 15 is 0 Å². The van der Waals surface area contributed by atoms with E-state index in [-0.39, 0.29) is 24.0 Å². The summed E-state index contributed by atoms with van der Waals surface area (Å²) in [6.45, 7) is 5.45. The Hall–Kier alpha value is -0.250. The van der Waals surface area contributed by atoms with E-state index in [1.807, 2.05) is 18.2 Å². The van der Waals surface area contributed by atoms with E-state index in [2.05, 4.69) is 31.3 Å². The summed E-state index contributed by atoms with van der Waals surface area (Å²) in [5.74, 6) is 0.704. The monoisotopic (exact) mass is 277 g/mol. The average Bonchev–Trinajstić information content (AvgIpc) is 2.03. The fourth-order valence-corrected chi connectivity index (χ4v) is 0.878. The molecule has 0 atom stereocenters. The Balaban J connectivity index is 0.00000121. The van der Waals surface area contributed by atoms with Crippen LogP contribution in [-0.4, -0.2) is 6.54 Å². The minimum Gasteiger partial charge on any atom is -0.385 e. The fraction of sp³-hybridized carbons (Fsp3) is 0.400.